The van der Waals surface area contributed by atoms with Crippen LogP contribution in [-0.4, -0.2) is 30.2 Å². The van der Waals surface area contributed by atoms with Crippen LogP contribution in [0.5, 0.6) is 0 Å². The highest BCUT2D eigenvalue weighted by Crippen LogP contribution is 2.32. The zero-order chi connectivity index (χ0) is 17.0. The van der Waals surface area contributed by atoms with Crippen LogP contribution in [0.1, 0.15) is 48.8 Å². The summed E-state index contributed by atoms with van der Waals surface area (Å²) in [5, 5.41) is 8.05. The van der Waals surface area contributed by atoms with Crippen molar-refractivity contribution in [3.05, 3.63) is 21.9 Å². The van der Waals surface area contributed by atoms with Crippen LogP contribution in [0, 0.1) is 5.92 Å². The monoisotopic (exact) mass is 339 g/mol. The molecule has 1 aliphatic carbocycles. The minimum Gasteiger partial charge on any atom is -0.444 e. The Kier molecular flexibility index (Phi) is 5.64. The zero-order valence-electron chi connectivity index (χ0n) is 13.8. The van der Waals surface area contributed by atoms with E-state index in [0.29, 0.717) is 24.6 Å². The van der Waals surface area contributed by atoms with Crippen LogP contribution in [0.25, 0.3) is 0 Å². The Morgan fingerprint density at radius 1 is 1.43 bits per heavy atom. The zero-order valence-corrected chi connectivity index (χ0v) is 14.7. The Hall–Kier alpha value is -1.60. The summed E-state index contributed by atoms with van der Waals surface area (Å²) in [6.07, 6.45) is 1.95. The van der Waals surface area contributed by atoms with Gasteiger partial charge in [0.15, 0.2) is 0 Å². The molecule has 7 heteroatoms. The molecule has 0 aliphatic heterocycles. The lowest BCUT2D eigenvalue weighted by atomic mass is 10.2. The molecule has 1 unspecified atom stereocenters. The van der Waals surface area contributed by atoms with E-state index in [9.17, 15) is 9.59 Å². The molecule has 1 aliphatic rings. The molecule has 1 fully saturated rings. The second-order valence-electron chi connectivity index (χ2n) is 6.87. The second kappa shape index (κ2) is 7.31. The highest BCUT2D eigenvalue weighted by molar-refractivity contribution is 7.10. The fourth-order valence-corrected chi connectivity index (χ4v) is 3.07. The largest absolute Gasteiger partial charge is 0.444 e. The third-order valence-corrected chi connectivity index (χ3v) is 4.47. The first-order valence-electron chi connectivity index (χ1n) is 7.82. The van der Waals surface area contributed by atoms with Gasteiger partial charge in [-0.05, 0) is 45.6 Å². The minimum atomic E-state index is -0.491. The maximum atomic E-state index is 11.7. The number of amides is 2. The second-order valence-corrected chi connectivity index (χ2v) is 7.87. The van der Waals surface area contributed by atoms with Crippen LogP contribution in [-0.2, 0) is 11.3 Å². The van der Waals surface area contributed by atoms with Gasteiger partial charge in [-0.3, -0.25) is 4.79 Å². The topological polar surface area (TPSA) is 93.4 Å². The van der Waals surface area contributed by atoms with E-state index in [4.69, 9.17) is 10.5 Å². The molecular weight excluding hydrogens is 314 g/mol. The number of carbonyl (C=O) groups excluding carboxylic acids is 2. The Morgan fingerprint density at radius 2 is 2.13 bits per heavy atom. The Labute approximate surface area is 140 Å². The van der Waals surface area contributed by atoms with Gasteiger partial charge in [-0.25, -0.2) is 4.79 Å². The first-order valence-corrected chi connectivity index (χ1v) is 8.70. The van der Waals surface area contributed by atoms with Gasteiger partial charge in [-0.1, -0.05) is 0 Å². The van der Waals surface area contributed by atoms with Crippen molar-refractivity contribution >= 4 is 23.3 Å². The molecule has 128 valence electrons. The summed E-state index contributed by atoms with van der Waals surface area (Å²) in [6.45, 7) is 6.73. The highest BCUT2D eigenvalue weighted by atomic mass is 32.1. The van der Waals surface area contributed by atoms with Gasteiger partial charge in [-0.2, -0.15) is 0 Å². The van der Waals surface area contributed by atoms with E-state index >= 15 is 0 Å². The first-order chi connectivity index (χ1) is 10.7. The van der Waals surface area contributed by atoms with Crippen molar-refractivity contribution in [2.75, 3.05) is 6.54 Å². The molecule has 0 bridgehead atoms. The van der Waals surface area contributed by atoms with Crippen molar-refractivity contribution in [3.63, 3.8) is 0 Å². The van der Waals surface area contributed by atoms with Crippen LogP contribution in [0.2, 0.25) is 0 Å². The van der Waals surface area contributed by atoms with E-state index in [1.807, 2.05) is 26.8 Å². The van der Waals surface area contributed by atoms with Gasteiger partial charge in [0.25, 0.3) is 0 Å². The molecule has 1 saturated carbocycles. The SMILES string of the molecule is CC(C)(C)OC(=O)NCC(NCc1cc(C(N)=O)cs1)C1CC1. The summed E-state index contributed by atoms with van der Waals surface area (Å²) >= 11 is 1.51. The molecule has 23 heavy (non-hydrogen) atoms. The van der Waals surface area contributed by atoms with Gasteiger partial charge >= 0.3 is 6.09 Å². The van der Waals surface area contributed by atoms with Gasteiger partial charge in [-0.15, -0.1) is 11.3 Å². The number of carbonyl (C=O) groups is 2. The van der Waals surface area contributed by atoms with E-state index in [0.717, 1.165) is 4.88 Å². The molecule has 1 atom stereocenters. The molecule has 1 aromatic heterocycles. The van der Waals surface area contributed by atoms with Crippen molar-refractivity contribution in [1.29, 1.82) is 0 Å². The van der Waals surface area contributed by atoms with E-state index in [2.05, 4.69) is 10.6 Å². The minimum absolute atomic E-state index is 0.210. The molecule has 1 heterocycles. The van der Waals surface area contributed by atoms with Crippen LogP contribution < -0.4 is 16.4 Å². The number of rotatable bonds is 7. The summed E-state index contributed by atoms with van der Waals surface area (Å²) in [7, 11) is 0. The number of ether oxygens (including phenoxy) is 1. The third kappa shape index (κ3) is 6.19. The molecule has 6 nitrogen and oxygen atoms in total. The highest BCUT2D eigenvalue weighted by Gasteiger charge is 2.31. The van der Waals surface area contributed by atoms with Crippen molar-refractivity contribution < 1.29 is 14.3 Å². The number of hydrogen-bond acceptors (Lipinski definition) is 5. The molecule has 0 saturated heterocycles. The maximum absolute atomic E-state index is 11.7. The summed E-state index contributed by atoms with van der Waals surface area (Å²) < 4.78 is 5.25. The Balaban J connectivity index is 1.80. The molecule has 1 aromatic rings. The number of alkyl carbamates (subject to hydrolysis) is 1. The van der Waals surface area contributed by atoms with Gasteiger partial charge in [0.2, 0.25) is 5.91 Å². The van der Waals surface area contributed by atoms with Crippen molar-refractivity contribution in [2.24, 2.45) is 11.7 Å². The predicted octanol–water partition coefficient (Wildman–Crippen LogP) is 2.24. The smallest absolute Gasteiger partial charge is 0.407 e. The molecule has 2 amide bonds. The van der Waals surface area contributed by atoms with Crippen LogP contribution >= 0.6 is 11.3 Å². The summed E-state index contributed by atoms with van der Waals surface area (Å²) in [6, 6.07) is 2.02. The summed E-state index contributed by atoms with van der Waals surface area (Å²) in [5.74, 6) is 0.179. The number of nitrogens with one attached hydrogen (secondary N) is 2. The maximum Gasteiger partial charge on any atom is 0.407 e. The van der Waals surface area contributed by atoms with Crippen molar-refractivity contribution in [1.82, 2.24) is 10.6 Å². The number of nitrogens with two attached hydrogens (primary N) is 1. The Bertz CT molecular complexity index is 561. The Morgan fingerprint density at radius 3 is 2.65 bits per heavy atom. The normalized spacial score (nSPS) is 16.0. The predicted molar refractivity (Wildman–Crippen MR) is 90.4 cm³/mol. The van der Waals surface area contributed by atoms with E-state index in [1.165, 1.54) is 24.2 Å². The van der Waals surface area contributed by atoms with Crippen LogP contribution in [0.3, 0.4) is 0 Å². The van der Waals surface area contributed by atoms with Gasteiger partial charge < -0.3 is 21.1 Å². The first kappa shape index (κ1) is 17.7. The summed E-state index contributed by atoms with van der Waals surface area (Å²) in [4.78, 5) is 23.9. The van der Waals surface area contributed by atoms with Crippen LogP contribution in [0.4, 0.5) is 4.79 Å². The van der Waals surface area contributed by atoms with Gasteiger partial charge in [0.05, 0.1) is 5.56 Å². The molecule has 0 aromatic carbocycles. The van der Waals surface area contributed by atoms with E-state index in [1.54, 1.807) is 5.38 Å². The molecule has 4 N–H and O–H groups in total. The third-order valence-electron chi connectivity index (χ3n) is 3.53. The fraction of sp³-hybridized carbons (Fsp3) is 0.625. The lowest BCUT2D eigenvalue weighted by Crippen LogP contribution is -2.43. The standard InChI is InChI=1S/C16H25N3O3S/c1-16(2,3)22-15(21)19-8-13(10-4-5-10)18-7-12-6-11(9-23-12)14(17)20/h6,9-10,13,18H,4-5,7-8H2,1-3H3,(H2,17,20)(H,19,21). The molecule has 0 radical (unpaired) electrons. The quantitative estimate of drug-likeness (QED) is 0.710. The average Bonchev–Trinajstić information content (AvgIpc) is 3.14. The average molecular weight is 339 g/mol. The molecular formula is C16H25N3O3S. The van der Waals surface area contributed by atoms with Crippen LogP contribution in [0.15, 0.2) is 11.4 Å². The number of hydrogen-bond donors (Lipinski definition) is 3. The van der Waals surface area contributed by atoms with Crippen molar-refractivity contribution in [3.8, 4) is 0 Å². The van der Waals surface area contributed by atoms with Gasteiger partial charge in [0, 0.05) is 29.4 Å². The number of thiophene rings is 1. The lowest BCUT2D eigenvalue weighted by Gasteiger charge is -2.22. The van der Waals surface area contributed by atoms with Crippen molar-refractivity contribution in [2.45, 2.75) is 51.8 Å². The lowest BCUT2D eigenvalue weighted by molar-refractivity contribution is 0.0520. The fourth-order valence-electron chi connectivity index (χ4n) is 2.25. The summed E-state index contributed by atoms with van der Waals surface area (Å²) in [5.41, 5.74) is 5.31. The molecule has 2 rings (SSSR count). The van der Waals surface area contributed by atoms with Gasteiger partial charge in [0.1, 0.15) is 5.60 Å². The molecule has 0 spiro atoms. The van der Waals surface area contributed by atoms with E-state index < -0.39 is 17.6 Å². The number of primary amides is 1. The van der Waals surface area contributed by atoms with E-state index in [-0.39, 0.29) is 6.04 Å².